The van der Waals surface area contributed by atoms with Gasteiger partial charge < -0.3 is 19.3 Å². The number of piperazine rings is 1. The van der Waals surface area contributed by atoms with E-state index in [4.69, 9.17) is 0 Å². The van der Waals surface area contributed by atoms with Crippen LogP contribution in [0.3, 0.4) is 0 Å². The van der Waals surface area contributed by atoms with Gasteiger partial charge in [-0.25, -0.2) is 9.59 Å². The van der Waals surface area contributed by atoms with Crippen LogP contribution in [0.1, 0.15) is 70.1 Å². The van der Waals surface area contributed by atoms with Crippen LogP contribution in [0.4, 0.5) is 0 Å². The van der Waals surface area contributed by atoms with E-state index in [9.17, 15) is 19.2 Å². The number of Topliss-reactive ketones (excluding diaryl/α,β-unsaturated/α-hetero) is 2. The highest BCUT2D eigenvalue weighted by Gasteiger charge is 2.09. The number of carbonyl (C=O) groups excluding carboxylic acids is 4. The molecule has 0 spiro atoms. The molecule has 0 saturated carbocycles. The van der Waals surface area contributed by atoms with Gasteiger partial charge in [-0.1, -0.05) is 39.1 Å². The average molecular weight is 503 g/mol. The minimum atomic E-state index is -0.429. The van der Waals surface area contributed by atoms with Gasteiger partial charge in [-0.15, -0.1) is 0 Å². The Morgan fingerprint density at radius 3 is 0.972 bits per heavy atom. The van der Waals surface area contributed by atoms with Crippen molar-refractivity contribution in [1.82, 2.24) is 9.80 Å². The highest BCUT2D eigenvalue weighted by atomic mass is 16.5. The van der Waals surface area contributed by atoms with Crippen LogP contribution in [-0.4, -0.2) is 87.8 Å². The van der Waals surface area contributed by atoms with E-state index in [1.807, 2.05) is 0 Å². The molecule has 200 valence electrons. The summed E-state index contributed by atoms with van der Waals surface area (Å²) in [5, 5.41) is 0. The molecule has 0 unspecified atom stereocenters. The van der Waals surface area contributed by atoms with Crippen molar-refractivity contribution in [2.45, 2.75) is 28.7 Å². The monoisotopic (exact) mass is 502 g/mol. The van der Waals surface area contributed by atoms with E-state index in [1.54, 1.807) is 24.3 Å². The fraction of sp³-hybridized carbons (Fsp3) is 0.429. The van der Waals surface area contributed by atoms with Gasteiger partial charge in [0.05, 0.1) is 25.3 Å². The van der Waals surface area contributed by atoms with E-state index >= 15 is 0 Å². The number of ketones is 2. The van der Waals surface area contributed by atoms with E-state index in [2.05, 4.69) is 33.4 Å². The first-order chi connectivity index (χ1) is 16.1. The predicted octanol–water partition coefficient (Wildman–Crippen LogP) is 4.49. The first kappa shape index (κ1) is 34.8. The lowest BCUT2D eigenvalue weighted by Crippen LogP contribution is -2.42. The molecule has 1 heterocycles. The summed E-state index contributed by atoms with van der Waals surface area (Å²) in [5.41, 5.74) is 2.08. The normalized spacial score (nSPS) is 12.6. The molecule has 0 radical (unpaired) electrons. The summed E-state index contributed by atoms with van der Waals surface area (Å²) in [6.45, 7) is 7.94. The van der Waals surface area contributed by atoms with Crippen molar-refractivity contribution in [1.29, 1.82) is 0 Å². The predicted molar refractivity (Wildman–Crippen MR) is 144 cm³/mol. The number of methoxy groups -OCH3 is 2. The molecule has 1 aliphatic heterocycles. The first-order valence-corrected chi connectivity index (χ1v) is 10.8. The summed E-state index contributed by atoms with van der Waals surface area (Å²) in [5.74, 6) is -0.821. The highest BCUT2D eigenvalue weighted by molar-refractivity contribution is 5.97. The second-order valence-corrected chi connectivity index (χ2v) is 7.86. The maximum Gasteiger partial charge on any atom is 0.337 e. The molecule has 0 aliphatic carbocycles. The first-order valence-electron chi connectivity index (χ1n) is 10.8. The van der Waals surface area contributed by atoms with Crippen LogP contribution in [0.5, 0.6) is 0 Å². The Hall–Kier alpha value is -3.36. The second kappa shape index (κ2) is 18.0. The van der Waals surface area contributed by atoms with E-state index in [0.717, 1.165) is 0 Å². The summed E-state index contributed by atoms with van der Waals surface area (Å²) in [4.78, 5) is 48.5. The van der Waals surface area contributed by atoms with E-state index in [-0.39, 0.29) is 26.4 Å². The van der Waals surface area contributed by atoms with Crippen molar-refractivity contribution in [2.24, 2.45) is 0 Å². The molecule has 0 N–H and O–H groups in total. The van der Waals surface area contributed by atoms with Crippen LogP contribution < -0.4 is 0 Å². The Labute approximate surface area is 216 Å². The van der Waals surface area contributed by atoms with Gasteiger partial charge in [0.25, 0.3) is 0 Å². The lowest BCUT2D eigenvalue weighted by atomic mass is 10.1. The average Bonchev–Trinajstić information content (AvgIpc) is 2.85. The molecule has 0 aromatic heterocycles. The van der Waals surface area contributed by atoms with Crippen molar-refractivity contribution in [2.75, 3.05) is 54.5 Å². The molecule has 0 atom stereocenters. The summed E-state index contributed by atoms with van der Waals surface area (Å²) in [6, 6.07) is 12.7. The van der Waals surface area contributed by atoms with Crippen molar-refractivity contribution < 1.29 is 28.7 Å². The maximum atomic E-state index is 11.0. The zero-order valence-corrected chi connectivity index (χ0v) is 20.8. The standard InChI is InChI=1S/C10H10O4.C10H10O2.C6H14N2.2CH4/c1-13-9(11)7-3-5-8(6-4-7)10(12)14-2;1-7(11)9-3-5-10(6-4-9)8(2)12;1-7-3-5-8(2)6-4-7;;/h3-6H,1-2H3;3-6H,1-2H3;3-6H2,1-2H3;2*1H4. The summed E-state index contributed by atoms with van der Waals surface area (Å²) < 4.78 is 9.02. The van der Waals surface area contributed by atoms with Gasteiger partial charge in [-0.05, 0) is 52.2 Å². The Morgan fingerprint density at radius 1 is 0.556 bits per heavy atom. The molecule has 8 heteroatoms. The number of rotatable bonds is 4. The molecular weight excluding hydrogens is 460 g/mol. The third-order valence-electron chi connectivity index (χ3n) is 5.15. The second-order valence-electron chi connectivity index (χ2n) is 7.86. The van der Waals surface area contributed by atoms with Crippen LogP contribution in [-0.2, 0) is 9.47 Å². The number of likely N-dealkylation sites (N-methyl/N-ethyl adjacent to an activating group) is 2. The number of hydrogen-bond acceptors (Lipinski definition) is 8. The van der Waals surface area contributed by atoms with Crippen molar-refractivity contribution in [3.05, 3.63) is 70.8 Å². The van der Waals surface area contributed by atoms with Gasteiger partial charge in [0.1, 0.15) is 0 Å². The van der Waals surface area contributed by atoms with Gasteiger partial charge in [0.15, 0.2) is 11.6 Å². The number of nitrogens with zero attached hydrogens (tertiary/aromatic N) is 2. The Kier molecular flexibility index (Phi) is 17.4. The summed E-state index contributed by atoms with van der Waals surface area (Å²) in [7, 11) is 6.95. The van der Waals surface area contributed by atoms with Crippen LogP contribution in [0.15, 0.2) is 48.5 Å². The minimum Gasteiger partial charge on any atom is -0.465 e. The zero-order valence-electron chi connectivity index (χ0n) is 20.8. The minimum absolute atomic E-state index is 0. The number of ether oxygens (including phenoxy) is 2. The van der Waals surface area contributed by atoms with Gasteiger partial charge in [-0.2, -0.15) is 0 Å². The molecule has 3 rings (SSSR count). The van der Waals surface area contributed by atoms with Crippen molar-refractivity contribution >= 4 is 23.5 Å². The Bertz CT molecular complexity index is 869. The number of hydrogen-bond donors (Lipinski definition) is 0. The molecule has 1 aliphatic rings. The van der Waals surface area contributed by atoms with Crippen LogP contribution >= 0.6 is 0 Å². The smallest absolute Gasteiger partial charge is 0.337 e. The molecule has 2 aromatic rings. The zero-order chi connectivity index (χ0) is 25.7. The Morgan fingerprint density at radius 2 is 0.778 bits per heavy atom. The third-order valence-corrected chi connectivity index (χ3v) is 5.15. The van der Waals surface area contributed by atoms with Gasteiger partial charge >= 0.3 is 11.9 Å². The molecule has 8 nitrogen and oxygen atoms in total. The van der Waals surface area contributed by atoms with Crippen molar-refractivity contribution in [3.8, 4) is 0 Å². The van der Waals surface area contributed by atoms with Crippen molar-refractivity contribution in [3.63, 3.8) is 0 Å². The number of benzene rings is 2. The lowest BCUT2D eigenvalue weighted by molar-refractivity contribution is 0.0586. The molecule has 1 fully saturated rings. The van der Waals surface area contributed by atoms with Crippen LogP contribution in [0.2, 0.25) is 0 Å². The molecule has 0 amide bonds. The fourth-order valence-electron chi connectivity index (χ4n) is 2.82. The van der Waals surface area contributed by atoms with Gasteiger partial charge in [0.2, 0.25) is 0 Å². The molecule has 0 bridgehead atoms. The van der Waals surface area contributed by atoms with E-state index < -0.39 is 11.9 Å². The molecule has 1 saturated heterocycles. The molecule has 36 heavy (non-hydrogen) atoms. The van der Waals surface area contributed by atoms with Crippen LogP contribution in [0.25, 0.3) is 0 Å². The Balaban J connectivity index is 0. The van der Waals surface area contributed by atoms with E-state index in [1.165, 1.54) is 78.5 Å². The summed E-state index contributed by atoms with van der Waals surface area (Å²) >= 11 is 0. The third kappa shape index (κ3) is 12.4. The SMILES string of the molecule is C.C.CC(=O)c1ccc(C(C)=O)cc1.CN1CCN(C)CC1.COC(=O)c1ccc(C(=O)OC)cc1. The fourth-order valence-corrected chi connectivity index (χ4v) is 2.82. The highest BCUT2D eigenvalue weighted by Crippen LogP contribution is 2.07. The van der Waals surface area contributed by atoms with Gasteiger partial charge in [-0.3, -0.25) is 9.59 Å². The summed E-state index contributed by atoms with van der Waals surface area (Å²) in [6.07, 6.45) is 0. The molecular formula is C28H42N2O6. The maximum absolute atomic E-state index is 11.0. The lowest BCUT2D eigenvalue weighted by Gasteiger charge is -2.28. The van der Waals surface area contributed by atoms with Crippen LogP contribution in [0, 0.1) is 0 Å². The number of carbonyl (C=O) groups is 4. The quantitative estimate of drug-likeness (QED) is 0.446. The van der Waals surface area contributed by atoms with Gasteiger partial charge in [0, 0.05) is 37.3 Å². The topological polar surface area (TPSA) is 93.2 Å². The van der Waals surface area contributed by atoms with E-state index in [0.29, 0.717) is 22.3 Å². The largest absolute Gasteiger partial charge is 0.465 e. The molecule has 2 aromatic carbocycles. The number of esters is 2.